The minimum Gasteiger partial charge on any atom is -0.481 e. The van der Waals surface area contributed by atoms with E-state index in [-0.39, 0.29) is 109 Å². The molecule has 0 aliphatic carbocycles. The number of carboxylic acid groups (broad SMARTS) is 10. The fourth-order valence-corrected chi connectivity index (χ4v) is 13.3. The van der Waals surface area contributed by atoms with E-state index in [1.165, 1.54) is 0 Å². The SMILES string of the molecule is NC(=O)CC[C@H](NC(=O)COCCOCCNC(=O)COCCOCCNC(=O)CC[C@H](NC(=O)CC[C@H](NC(=O)CC[C@H](NC(=O)CC[C@H](NC(=O)CC[C@H](NC(=O)CC[C@H](NC(=O)CC[C@H](NC(=O)CC[C@H](NC(=O)CCCCCCCCCCCCCCCCC(=O)O)C(=O)O)C(=O)O)C(=O)O)C(=O)O)C(=O)O)C(=O)O)C(=O)O)C(=O)O)C(=O)C[C@@H](CS)C(=O)C[C@@H](CS)C(=O)O. The summed E-state index contributed by atoms with van der Waals surface area (Å²) in [7, 11) is 0. The molecule has 764 valence electrons. The van der Waals surface area contributed by atoms with Gasteiger partial charge in [0.05, 0.1) is 51.6 Å². The Morgan fingerprint density at radius 2 is 0.459 bits per heavy atom. The number of rotatable bonds is 86. The summed E-state index contributed by atoms with van der Waals surface area (Å²) in [6.45, 7) is -1.03. The summed E-state index contributed by atoms with van der Waals surface area (Å²) in [6.07, 6.45) is 2.09. The molecule has 0 aromatic heterocycles. The van der Waals surface area contributed by atoms with Crippen molar-refractivity contribution in [3.05, 3.63) is 0 Å². The number of primary amides is 1. The summed E-state index contributed by atoms with van der Waals surface area (Å²) in [6, 6.07) is -15.3. The van der Waals surface area contributed by atoms with Crippen LogP contribution in [-0.2, 0) is 134 Å². The molecule has 0 rings (SSSR count). The lowest BCUT2D eigenvalue weighted by atomic mass is 9.90. The molecule has 0 aromatic carbocycles. The van der Waals surface area contributed by atoms with Gasteiger partial charge in [-0.1, -0.05) is 77.0 Å². The molecule has 0 saturated carbocycles. The second-order valence-corrected chi connectivity index (χ2v) is 32.1. The Morgan fingerprint density at radius 1 is 0.230 bits per heavy atom. The highest BCUT2D eigenvalue weighted by Gasteiger charge is 2.34. The van der Waals surface area contributed by atoms with Crippen LogP contribution in [0.3, 0.4) is 0 Å². The average Bonchev–Trinajstić information content (AvgIpc) is 0.667. The van der Waals surface area contributed by atoms with Crippen molar-refractivity contribution in [3.63, 3.8) is 0 Å². The molecule has 0 aliphatic heterocycles. The lowest BCUT2D eigenvalue weighted by Crippen LogP contribution is -2.46. The van der Waals surface area contributed by atoms with Gasteiger partial charge in [0.25, 0.3) is 0 Å². The largest absolute Gasteiger partial charge is 0.481 e. The first-order valence-corrected chi connectivity index (χ1v) is 45.5. The fourth-order valence-electron chi connectivity index (χ4n) is 12.7. The molecule has 0 aliphatic rings. The number of nitrogens with one attached hydrogen (secondary N) is 11. The van der Waals surface area contributed by atoms with Crippen LogP contribution in [0.25, 0.3) is 0 Å². The van der Waals surface area contributed by atoms with Gasteiger partial charge < -0.3 is 134 Å². The number of amides is 12. The number of hydrogen-bond donors (Lipinski definition) is 24. The van der Waals surface area contributed by atoms with Crippen molar-refractivity contribution in [2.75, 3.05) is 77.5 Å². The van der Waals surface area contributed by atoms with Crippen LogP contribution < -0.4 is 64.2 Å². The summed E-state index contributed by atoms with van der Waals surface area (Å²) < 4.78 is 21.2. The van der Waals surface area contributed by atoms with Crippen LogP contribution in [0, 0.1) is 11.8 Å². The molecule has 0 unspecified atom stereocenters. The van der Waals surface area contributed by atoms with E-state index in [0.29, 0.717) is 12.8 Å². The molecule has 0 heterocycles. The number of thiol groups is 2. The molecule has 0 aromatic rings. The van der Waals surface area contributed by atoms with E-state index in [4.69, 9.17) is 29.8 Å². The van der Waals surface area contributed by atoms with Crippen LogP contribution in [0.5, 0.6) is 0 Å². The summed E-state index contributed by atoms with van der Waals surface area (Å²) in [5, 5.41) is 120. The van der Waals surface area contributed by atoms with E-state index in [0.717, 1.165) is 77.0 Å². The Bertz CT molecular complexity index is 3880. The maximum Gasteiger partial charge on any atom is 0.326 e. The molecule has 0 saturated heterocycles. The van der Waals surface area contributed by atoms with Gasteiger partial charge in [0, 0.05) is 114 Å². The van der Waals surface area contributed by atoms with Crippen molar-refractivity contribution in [3.8, 4) is 0 Å². The van der Waals surface area contributed by atoms with Crippen LogP contribution in [0.15, 0.2) is 0 Å². The van der Waals surface area contributed by atoms with E-state index in [1.54, 1.807) is 0 Å². The summed E-state index contributed by atoms with van der Waals surface area (Å²) in [5.74, 6) is -29.2. The third-order valence-electron chi connectivity index (χ3n) is 20.3. The standard InChI is InChI=1S/C83H132N12O38S2/c84-62(98)26-17-51(61(97)43-49(47-134)60(96)44-50(48-135)75(112)113)87-73(109)46-133-42-40-131-38-36-86-72(108)45-132-41-39-130-37-35-85-63(99)27-18-52(76(114)115)89-65(101)29-20-54(78(118)119)91-67(103)31-22-56(80(122)123)93-69(105)33-24-58(82(126)127)95-71(107)34-25-59(83(128)129)94-70(106)32-23-57(81(124)125)92-68(104)30-21-55(79(120)121)90-66(102)28-19-53(77(116)117)88-64(100)15-13-11-9-7-5-3-1-2-4-6-8-10-12-14-16-74(110)111/h49-59,134-135H,1-48H2,(H2,84,98)(H,85,99)(H,86,108)(H,87,109)(H,88,100)(H,89,101)(H,90,102)(H,91,103)(H,92,104)(H,93,105)(H,94,106)(H,95,107)(H,110,111)(H,112,113)(H,114,115)(H,116,117)(H,118,119)(H,120,121)(H,122,123)(H,124,125)(H,126,127)(H,128,129)/t49-,50-,51-,52-,53-,54-,55-,56-,57-,58-,59-/m0/s1. The molecule has 52 heteroatoms. The molecular weight excluding hydrogens is 1840 g/mol. The predicted octanol–water partition coefficient (Wildman–Crippen LogP) is -1.75. The first kappa shape index (κ1) is 123. The van der Waals surface area contributed by atoms with Gasteiger partial charge in [-0.3, -0.25) is 76.7 Å². The van der Waals surface area contributed by atoms with E-state index in [1.807, 2.05) is 16.0 Å². The number of hydrogen-bond acceptors (Lipinski definition) is 30. The number of carbonyl (C=O) groups excluding carboxylic acids is 14. The van der Waals surface area contributed by atoms with Crippen molar-refractivity contribution < 1.29 is 185 Å². The molecule has 135 heavy (non-hydrogen) atoms. The number of aliphatic carboxylic acids is 10. The zero-order valence-corrected chi connectivity index (χ0v) is 77.0. The number of nitrogens with two attached hydrogens (primary N) is 1. The Kier molecular flexibility index (Phi) is 67.2. The molecule has 23 N–H and O–H groups in total. The Morgan fingerprint density at radius 3 is 0.726 bits per heavy atom. The monoisotopic (exact) mass is 1970 g/mol. The lowest BCUT2D eigenvalue weighted by molar-refractivity contribution is -0.144. The van der Waals surface area contributed by atoms with Gasteiger partial charge in [0.15, 0.2) is 5.78 Å². The van der Waals surface area contributed by atoms with Crippen molar-refractivity contribution in [1.82, 2.24) is 58.5 Å². The molecule has 11 atom stereocenters. The zero-order valence-electron chi connectivity index (χ0n) is 75.2. The smallest absolute Gasteiger partial charge is 0.326 e. The number of ketones is 2. The topological polar surface area (TPSA) is 807 Å². The third kappa shape index (κ3) is 63.9. The second-order valence-electron chi connectivity index (χ2n) is 31.4. The molecule has 12 amide bonds. The minimum absolute atomic E-state index is 0.00882. The quantitative estimate of drug-likeness (QED) is 0.0237. The molecule has 0 radical (unpaired) electrons. The first-order valence-electron chi connectivity index (χ1n) is 44.2. The van der Waals surface area contributed by atoms with Crippen LogP contribution in [0.4, 0.5) is 0 Å². The number of Topliss-reactive ketones (excluding diaryl/α,β-unsaturated/α-hetero) is 2. The van der Waals surface area contributed by atoms with Crippen LogP contribution in [-0.4, -0.2) is 325 Å². The number of unbranched alkanes of at least 4 members (excludes halogenated alkanes) is 13. The predicted molar refractivity (Wildman–Crippen MR) is 473 cm³/mol. The van der Waals surface area contributed by atoms with E-state index in [9.17, 15) is 161 Å². The van der Waals surface area contributed by atoms with Crippen molar-refractivity contribution in [2.24, 2.45) is 17.6 Å². The molecule has 50 nitrogen and oxygen atoms in total. The minimum atomic E-state index is -1.87. The Balaban J connectivity index is 4.86. The van der Waals surface area contributed by atoms with Gasteiger partial charge in [-0.25, -0.2) is 38.4 Å². The van der Waals surface area contributed by atoms with Gasteiger partial charge >= 0.3 is 59.7 Å². The van der Waals surface area contributed by atoms with E-state index in [2.05, 4.69) is 67.8 Å². The van der Waals surface area contributed by atoms with Gasteiger partial charge in [0.1, 0.15) is 67.3 Å². The summed E-state index contributed by atoms with van der Waals surface area (Å²) in [5.41, 5.74) is 5.23. The van der Waals surface area contributed by atoms with Crippen molar-refractivity contribution in [1.29, 1.82) is 0 Å². The summed E-state index contributed by atoms with van der Waals surface area (Å²) >= 11 is 8.06. The van der Waals surface area contributed by atoms with E-state index >= 15 is 0 Å². The van der Waals surface area contributed by atoms with Crippen LogP contribution in [0.2, 0.25) is 0 Å². The van der Waals surface area contributed by atoms with Crippen molar-refractivity contribution in [2.45, 2.75) is 286 Å². The van der Waals surface area contributed by atoms with Crippen LogP contribution in [0.1, 0.15) is 231 Å². The second kappa shape index (κ2) is 73.6. The third-order valence-corrected chi connectivity index (χ3v) is 21.2. The van der Waals surface area contributed by atoms with Crippen molar-refractivity contribution >= 4 is 167 Å². The number of ether oxygens (including phenoxy) is 4. The van der Waals surface area contributed by atoms with Gasteiger partial charge in [-0.15, -0.1) is 0 Å². The normalized spacial score (nSPS) is 13.4. The van der Waals surface area contributed by atoms with Gasteiger partial charge in [0.2, 0.25) is 70.9 Å². The molecule has 0 bridgehead atoms. The maximum atomic E-state index is 13.1. The molecular formula is C83H132N12O38S2. The average molecular weight is 1970 g/mol. The molecule has 0 spiro atoms. The number of carboxylic acids is 10. The first-order chi connectivity index (χ1) is 63.9. The highest BCUT2D eigenvalue weighted by Crippen LogP contribution is 2.20. The fraction of sp³-hybridized carbons (Fsp3) is 0.711. The van der Waals surface area contributed by atoms with Gasteiger partial charge in [-0.05, 0) is 70.6 Å². The molecule has 0 fully saturated rings. The maximum absolute atomic E-state index is 13.1. The zero-order chi connectivity index (χ0) is 102. The van der Waals surface area contributed by atoms with Gasteiger partial charge in [-0.2, -0.15) is 25.3 Å². The highest BCUT2D eigenvalue weighted by atomic mass is 32.1. The lowest BCUT2D eigenvalue weighted by Gasteiger charge is -2.21. The number of carbonyl (C=O) groups is 24. The Hall–Kier alpha value is -11.8. The Labute approximate surface area is 788 Å². The summed E-state index contributed by atoms with van der Waals surface area (Å²) in [4.78, 5) is 295. The van der Waals surface area contributed by atoms with Crippen LogP contribution >= 0.6 is 25.3 Å². The van der Waals surface area contributed by atoms with E-state index < -0.39 is 318 Å². The highest BCUT2D eigenvalue weighted by molar-refractivity contribution is 7.80.